The summed E-state index contributed by atoms with van der Waals surface area (Å²) in [5.74, 6) is 0.611. The van der Waals surface area contributed by atoms with Gasteiger partial charge >= 0.3 is 0 Å². The molecule has 0 saturated carbocycles. The van der Waals surface area contributed by atoms with Gasteiger partial charge in [-0.15, -0.1) is 11.3 Å². The third kappa shape index (κ3) is 1.82. The van der Waals surface area contributed by atoms with Crippen LogP contribution in [0.5, 0.6) is 5.75 Å². The van der Waals surface area contributed by atoms with Crippen LogP contribution in [0, 0.1) is 0 Å². The third-order valence-electron chi connectivity index (χ3n) is 2.85. The molecule has 0 atom stereocenters. The summed E-state index contributed by atoms with van der Waals surface area (Å²) < 4.78 is 5.40. The van der Waals surface area contributed by atoms with Crippen LogP contribution in [-0.4, -0.2) is 12.5 Å². The minimum Gasteiger partial charge on any atom is -0.481 e. The summed E-state index contributed by atoms with van der Waals surface area (Å²) in [7, 11) is 0. The number of rotatable bonds is 2. The van der Waals surface area contributed by atoms with Crippen LogP contribution in [0.1, 0.15) is 4.88 Å². The molecule has 2 N–H and O–H groups in total. The molecule has 92 valence electrons. The summed E-state index contributed by atoms with van der Waals surface area (Å²) in [6.45, 7) is 0.614. The second kappa shape index (κ2) is 4.34. The molecule has 1 aromatic heterocycles. The van der Waals surface area contributed by atoms with E-state index in [4.69, 9.17) is 10.5 Å². The number of anilines is 2. The molecule has 0 radical (unpaired) electrons. The lowest BCUT2D eigenvalue weighted by Gasteiger charge is -2.30. The Morgan fingerprint density at radius 3 is 3.00 bits per heavy atom. The van der Waals surface area contributed by atoms with Crippen LogP contribution in [0.15, 0.2) is 35.7 Å². The molecule has 1 aliphatic heterocycles. The number of thiophene rings is 1. The molecule has 2 aromatic rings. The fraction of sp³-hybridized carbons (Fsp3) is 0.154. The van der Waals surface area contributed by atoms with Gasteiger partial charge in [0.25, 0.3) is 5.91 Å². The number of para-hydroxylation sites is 1. The maximum atomic E-state index is 12.0. The van der Waals surface area contributed by atoms with Crippen molar-refractivity contribution in [2.45, 2.75) is 6.54 Å². The lowest BCUT2D eigenvalue weighted by atomic mass is 10.2. The summed E-state index contributed by atoms with van der Waals surface area (Å²) in [5.41, 5.74) is 7.20. The van der Waals surface area contributed by atoms with Gasteiger partial charge in [-0.05, 0) is 23.6 Å². The highest BCUT2D eigenvalue weighted by atomic mass is 32.1. The summed E-state index contributed by atoms with van der Waals surface area (Å²) in [4.78, 5) is 14.8. The van der Waals surface area contributed by atoms with Gasteiger partial charge in [0, 0.05) is 4.88 Å². The van der Waals surface area contributed by atoms with E-state index < -0.39 is 0 Å². The quantitative estimate of drug-likeness (QED) is 0.843. The molecule has 0 spiro atoms. The Morgan fingerprint density at radius 1 is 1.33 bits per heavy atom. The molecule has 1 aliphatic rings. The van der Waals surface area contributed by atoms with Crippen molar-refractivity contribution >= 4 is 28.6 Å². The van der Waals surface area contributed by atoms with Crippen molar-refractivity contribution in [3.05, 3.63) is 40.6 Å². The highest BCUT2D eigenvalue weighted by molar-refractivity contribution is 7.09. The lowest BCUT2D eigenvalue weighted by Crippen LogP contribution is -2.38. The number of carbonyl (C=O) groups is 1. The first-order valence-corrected chi connectivity index (χ1v) is 6.47. The van der Waals surface area contributed by atoms with E-state index in [1.807, 2.05) is 29.6 Å². The molecule has 5 heteroatoms. The topological polar surface area (TPSA) is 55.6 Å². The van der Waals surface area contributed by atoms with Crippen LogP contribution in [0.3, 0.4) is 0 Å². The van der Waals surface area contributed by atoms with Gasteiger partial charge in [0.2, 0.25) is 0 Å². The Bertz CT molecular complexity index is 581. The Kier molecular flexibility index (Phi) is 2.68. The lowest BCUT2D eigenvalue weighted by molar-refractivity contribution is -0.121. The number of fused-ring (bicyclic) bond motifs is 1. The predicted octanol–water partition coefficient (Wildman–Crippen LogP) is 2.26. The number of benzene rings is 1. The SMILES string of the molecule is Nc1cccc2c1N(Cc1cccs1)C(=O)CO2. The van der Waals surface area contributed by atoms with Crippen molar-refractivity contribution in [2.24, 2.45) is 0 Å². The molecule has 0 aliphatic carbocycles. The largest absolute Gasteiger partial charge is 0.481 e. The fourth-order valence-electron chi connectivity index (χ4n) is 2.01. The second-order valence-electron chi connectivity index (χ2n) is 4.04. The van der Waals surface area contributed by atoms with Crippen LogP contribution in [0.2, 0.25) is 0 Å². The Hall–Kier alpha value is -2.01. The van der Waals surface area contributed by atoms with E-state index in [1.54, 1.807) is 22.3 Å². The molecule has 1 aromatic carbocycles. The zero-order chi connectivity index (χ0) is 12.5. The number of ether oxygens (including phenoxy) is 1. The third-order valence-corrected chi connectivity index (χ3v) is 3.71. The van der Waals surface area contributed by atoms with Gasteiger partial charge in [-0.1, -0.05) is 12.1 Å². The molecule has 3 rings (SSSR count). The first-order valence-electron chi connectivity index (χ1n) is 5.60. The minimum absolute atomic E-state index is 0.0613. The zero-order valence-electron chi connectivity index (χ0n) is 9.63. The molecule has 4 nitrogen and oxygen atoms in total. The van der Waals surface area contributed by atoms with Crippen LogP contribution in [0.4, 0.5) is 11.4 Å². The van der Waals surface area contributed by atoms with E-state index >= 15 is 0 Å². The standard InChI is InChI=1S/C13H12N2O2S/c14-10-4-1-5-11-13(10)15(12(16)8-17-11)7-9-3-2-6-18-9/h1-6H,7-8,14H2. The van der Waals surface area contributed by atoms with Gasteiger partial charge in [-0.3, -0.25) is 9.69 Å². The van der Waals surface area contributed by atoms with Gasteiger partial charge in [0.15, 0.2) is 6.61 Å². The molecule has 0 saturated heterocycles. The van der Waals surface area contributed by atoms with E-state index in [9.17, 15) is 4.79 Å². The van der Waals surface area contributed by atoms with Gasteiger partial charge in [0.1, 0.15) is 11.4 Å². The second-order valence-corrected chi connectivity index (χ2v) is 5.07. The Labute approximate surface area is 109 Å². The van der Waals surface area contributed by atoms with Crippen molar-refractivity contribution in [1.29, 1.82) is 0 Å². The number of hydrogen-bond donors (Lipinski definition) is 1. The van der Waals surface area contributed by atoms with Gasteiger partial charge in [0.05, 0.1) is 12.2 Å². The van der Waals surface area contributed by atoms with Crippen molar-refractivity contribution in [2.75, 3.05) is 17.2 Å². The van der Waals surface area contributed by atoms with E-state index in [0.29, 0.717) is 23.7 Å². The van der Waals surface area contributed by atoms with Crippen LogP contribution in [0.25, 0.3) is 0 Å². The van der Waals surface area contributed by atoms with Gasteiger partial charge in [-0.25, -0.2) is 0 Å². The molecule has 0 unspecified atom stereocenters. The number of hydrogen-bond acceptors (Lipinski definition) is 4. The highest BCUT2D eigenvalue weighted by Crippen LogP contribution is 2.38. The maximum Gasteiger partial charge on any atom is 0.265 e. The Balaban J connectivity index is 2.01. The Morgan fingerprint density at radius 2 is 2.22 bits per heavy atom. The fourth-order valence-corrected chi connectivity index (χ4v) is 2.71. The van der Waals surface area contributed by atoms with Gasteiger partial charge < -0.3 is 10.5 Å². The van der Waals surface area contributed by atoms with Crippen molar-refractivity contribution in [3.63, 3.8) is 0 Å². The average Bonchev–Trinajstić information content (AvgIpc) is 2.86. The van der Waals surface area contributed by atoms with E-state index in [2.05, 4.69) is 0 Å². The molecule has 2 heterocycles. The van der Waals surface area contributed by atoms with E-state index in [0.717, 1.165) is 4.88 Å². The highest BCUT2D eigenvalue weighted by Gasteiger charge is 2.27. The molecule has 0 fully saturated rings. The number of amides is 1. The smallest absolute Gasteiger partial charge is 0.265 e. The van der Waals surface area contributed by atoms with Crippen molar-refractivity contribution in [3.8, 4) is 5.75 Å². The number of nitrogens with two attached hydrogens (primary N) is 1. The summed E-state index contributed by atoms with van der Waals surface area (Å²) in [6, 6.07) is 9.42. The maximum absolute atomic E-state index is 12.0. The molecular formula is C13H12N2O2S. The number of nitrogen functional groups attached to an aromatic ring is 1. The van der Waals surface area contributed by atoms with E-state index in [-0.39, 0.29) is 12.5 Å². The van der Waals surface area contributed by atoms with Crippen molar-refractivity contribution in [1.82, 2.24) is 0 Å². The zero-order valence-corrected chi connectivity index (χ0v) is 10.4. The molecule has 18 heavy (non-hydrogen) atoms. The number of nitrogens with zero attached hydrogens (tertiary/aromatic N) is 1. The van der Waals surface area contributed by atoms with Crippen LogP contribution >= 0.6 is 11.3 Å². The van der Waals surface area contributed by atoms with Crippen molar-refractivity contribution < 1.29 is 9.53 Å². The minimum atomic E-state index is -0.0613. The molecule has 0 bridgehead atoms. The average molecular weight is 260 g/mol. The molecule has 1 amide bonds. The summed E-state index contributed by atoms with van der Waals surface area (Å²) >= 11 is 1.62. The first kappa shape index (κ1) is 11.1. The predicted molar refractivity (Wildman–Crippen MR) is 71.9 cm³/mol. The van der Waals surface area contributed by atoms with Crippen LogP contribution < -0.4 is 15.4 Å². The van der Waals surface area contributed by atoms with Crippen LogP contribution in [-0.2, 0) is 11.3 Å². The monoisotopic (exact) mass is 260 g/mol. The normalized spacial score (nSPS) is 14.2. The first-order chi connectivity index (χ1) is 8.75. The van der Waals surface area contributed by atoms with E-state index in [1.165, 1.54) is 0 Å². The van der Waals surface area contributed by atoms with Gasteiger partial charge in [-0.2, -0.15) is 0 Å². The molecular weight excluding hydrogens is 248 g/mol. The summed E-state index contributed by atoms with van der Waals surface area (Å²) in [5, 5.41) is 2.00. The number of carbonyl (C=O) groups excluding carboxylic acids is 1. The summed E-state index contributed by atoms with van der Waals surface area (Å²) in [6.07, 6.45) is 0.